The molecule has 3 aromatic rings. The van der Waals surface area contributed by atoms with Crippen molar-refractivity contribution in [1.29, 1.82) is 0 Å². The molecule has 3 heterocycles. The van der Waals surface area contributed by atoms with Crippen molar-refractivity contribution in [1.82, 2.24) is 20.0 Å². The van der Waals surface area contributed by atoms with Crippen LogP contribution < -0.4 is 0 Å². The lowest BCUT2D eigenvalue weighted by Gasteiger charge is -2.22. The lowest BCUT2D eigenvalue weighted by Crippen LogP contribution is -2.33. The molecule has 6 nitrogen and oxygen atoms in total. The Kier molecular flexibility index (Phi) is 3.51. The number of aromatic nitrogens is 3. The highest BCUT2D eigenvalue weighted by atomic mass is 16.5. The predicted molar refractivity (Wildman–Crippen MR) is 95.6 cm³/mol. The number of aryl methyl sites for hydroxylation is 1. The third-order valence-corrected chi connectivity index (χ3v) is 5.17. The summed E-state index contributed by atoms with van der Waals surface area (Å²) in [7, 11) is 0. The molecule has 0 atom stereocenters. The van der Waals surface area contributed by atoms with Crippen LogP contribution >= 0.6 is 0 Å². The van der Waals surface area contributed by atoms with Gasteiger partial charge in [0.15, 0.2) is 0 Å². The number of hydrogen-bond acceptors (Lipinski definition) is 5. The van der Waals surface area contributed by atoms with E-state index >= 15 is 0 Å². The fraction of sp³-hybridized carbons (Fsp3) is 0.400. The standard InChI is InChI=1S/C20H20N4O2/c1-12-18-16(10-17(13-5-6-13)22-19(18)26-23-12)20(25)24(15-7-8-15)11-14-4-2-3-9-21-14/h2-4,9-10,13,15H,5-8,11H2,1H3. The Morgan fingerprint density at radius 2 is 2.12 bits per heavy atom. The molecular formula is C20H20N4O2. The summed E-state index contributed by atoms with van der Waals surface area (Å²) >= 11 is 0. The van der Waals surface area contributed by atoms with Crippen LogP contribution in [0.2, 0.25) is 0 Å². The highest BCUT2D eigenvalue weighted by Gasteiger charge is 2.36. The SMILES string of the molecule is Cc1noc2nc(C3CC3)cc(C(=O)N(Cc3ccccn3)C3CC3)c12. The number of fused-ring (bicyclic) bond motifs is 1. The number of hydrogen-bond donors (Lipinski definition) is 0. The van der Waals surface area contributed by atoms with Gasteiger partial charge < -0.3 is 9.42 Å². The zero-order valence-electron chi connectivity index (χ0n) is 14.7. The molecule has 0 N–H and O–H groups in total. The van der Waals surface area contributed by atoms with E-state index in [9.17, 15) is 4.79 Å². The molecule has 2 aliphatic carbocycles. The van der Waals surface area contributed by atoms with E-state index in [2.05, 4.69) is 15.1 Å². The first kappa shape index (κ1) is 15.5. The number of pyridine rings is 2. The number of carbonyl (C=O) groups excluding carboxylic acids is 1. The van der Waals surface area contributed by atoms with Gasteiger partial charge in [-0.05, 0) is 50.8 Å². The second kappa shape index (κ2) is 5.90. The first-order chi connectivity index (χ1) is 12.7. The molecule has 2 fully saturated rings. The molecule has 0 radical (unpaired) electrons. The Balaban J connectivity index is 1.56. The maximum atomic E-state index is 13.5. The smallest absolute Gasteiger partial charge is 0.259 e. The van der Waals surface area contributed by atoms with E-state index < -0.39 is 0 Å². The van der Waals surface area contributed by atoms with Gasteiger partial charge in [0.2, 0.25) is 0 Å². The first-order valence-electron chi connectivity index (χ1n) is 9.18. The molecule has 2 aliphatic rings. The molecule has 26 heavy (non-hydrogen) atoms. The Morgan fingerprint density at radius 3 is 2.81 bits per heavy atom. The van der Waals surface area contributed by atoms with Crippen LogP contribution in [0.15, 0.2) is 35.0 Å². The van der Waals surface area contributed by atoms with Crippen molar-refractivity contribution >= 4 is 17.0 Å². The van der Waals surface area contributed by atoms with Gasteiger partial charge in [-0.2, -0.15) is 0 Å². The fourth-order valence-electron chi connectivity index (χ4n) is 3.44. The van der Waals surface area contributed by atoms with Crippen molar-refractivity contribution in [2.75, 3.05) is 0 Å². The van der Waals surface area contributed by atoms with Crippen LogP contribution in [0, 0.1) is 6.92 Å². The van der Waals surface area contributed by atoms with Gasteiger partial charge in [-0.25, -0.2) is 4.98 Å². The van der Waals surface area contributed by atoms with E-state index in [4.69, 9.17) is 4.52 Å². The third kappa shape index (κ3) is 2.75. The van der Waals surface area contributed by atoms with Crippen LogP contribution in [-0.4, -0.2) is 32.0 Å². The zero-order chi connectivity index (χ0) is 17.7. The summed E-state index contributed by atoms with van der Waals surface area (Å²) in [4.78, 5) is 24.4. The highest BCUT2D eigenvalue weighted by molar-refractivity contribution is 6.06. The zero-order valence-corrected chi connectivity index (χ0v) is 14.7. The summed E-state index contributed by atoms with van der Waals surface area (Å²) in [5.74, 6) is 0.472. The average Bonchev–Trinajstić information content (AvgIpc) is 3.58. The minimum atomic E-state index is 0.0266. The summed E-state index contributed by atoms with van der Waals surface area (Å²) in [5, 5.41) is 4.78. The van der Waals surface area contributed by atoms with Crippen molar-refractivity contribution in [3.63, 3.8) is 0 Å². The molecule has 0 aliphatic heterocycles. The second-order valence-corrected chi connectivity index (χ2v) is 7.30. The number of amides is 1. The highest BCUT2D eigenvalue weighted by Crippen LogP contribution is 2.41. The van der Waals surface area contributed by atoms with Crippen molar-refractivity contribution in [3.05, 3.63) is 53.1 Å². The molecule has 0 aromatic carbocycles. The monoisotopic (exact) mass is 348 g/mol. The quantitative estimate of drug-likeness (QED) is 0.704. The van der Waals surface area contributed by atoms with Crippen molar-refractivity contribution in [2.45, 2.75) is 51.1 Å². The fourth-order valence-corrected chi connectivity index (χ4v) is 3.44. The van der Waals surface area contributed by atoms with Crippen LogP contribution in [-0.2, 0) is 6.54 Å². The Hall–Kier alpha value is -2.76. The van der Waals surface area contributed by atoms with Gasteiger partial charge in [-0.15, -0.1) is 0 Å². The number of carbonyl (C=O) groups is 1. The number of rotatable bonds is 5. The van der Waals surface area contributed by atoms with Crippen molar-refractivity contribution < 1.29 is 9.32 Å². The van der Waals surface area contributed by atoms with E-state index in [1.807, 2.05) is 36.1 Å². The summed E-state index contributed by atoms with van der Waals surface area (Å²) in [6.45, 7) is 2.39. The van der Waals surface area contributed by atoms with Gasteiger partial charge >= 0.3 is 0 Å². The number of nitrogens with zero attached hydrogens (tertiary/aromatic N) is 4. The Labute approximate surface area is 151 Å². The minimum Gasteiger partial charge on any atom is -0.336 e. The average molecular weight is 348 g/mol. The molecule has 5 rings (SSSR count). The topological polar surface area (TPSA) is 72.1 Å². The molecular weight excluding hydrogens is 328 g/mol. The predicted octanol–water partition coefficient (Wildman–Crippen LogP) is 3.61. The molecule has 132 valence electrons. The van der Waals surface area contributed by atoms with Gasteiger partial charge in [-0.3, -0.25) is 9.78 Å². The molecule has 2 saturated carbocycles. The van der Waals surface area contributed by atoms with E-state index in [1.165, 1.54) is 0 Å². The Morgan fingerprint density at radius 1 is 1.27 bits per heavy atom. The van der Waals surface area contributed by atoms with E-state index in [0.717, 1.165) is 42.5 Å². The normalized spacial score (nSPS) is 16.8. The van der Waals surface area contributed by atoms with Gasteiger partial charge in [0.25, 0.3) is 11.6 Å². The van der Waals surface area contributed by atoms with Crippen LogP contribution in [0.5, 0.6) is 0 Å². The molecule has 0 spiro atoms. The van der Waals surface area contributed by atoms with Crippen LogP contribution in [0.3, 0.4) is 0 Å². The second-order valence-electron chi connectivity index (χ2n) is 7.30. The maximum absolute atomic E-state index is 13.5. The lowest BCUT2D eigenvalue weighted by atomic mass is 10.1. The van der Waals surface area contributed by atoms with E-state index in [1.54, 1.807) is 6.20 Å². The summed E-state index contributed by atoms with van der Waals surface area (Å²) in [6.07, 6.45) is 6.11. The molecule has 3 aromatic heterocycles. The van der Waals surface area contributed by atoms with E-state index in [-0.39, 0.29) is 11.9 Å². The molecule has 0 bridgehead atoms. The first-order valence-corrected chi connectivity index (χ1v) is 9.18. The third-order valence-electron chi connectivity index (χ3n) is 5.17. The Bertz CT molecular complexity index is 974. The van der Waals surface area contributed by atoms with Crippen LogP contribution in [0.1, 0.15) is 59.0 Å². The molecule has 6 heteroatoms. The van der Waals surface area contributed by atoms with Gasteiger partial charge in [0.1, 0.15) is 0 Å². The van der Waals surface area contributed by atoms with Gasteiger partial charge in [0.05, 0.1) is 28.9 Å². The van der Waals surface area contributed by atoms with Crippen molar-refractivity contribution in [3.8, 4) is 0 Å². The molecule has 0 unspecified atom stereocenters. The summed E-state index contributed by atoms with van der Waals surface area (Å²) < 4.78 is 5.39. The van der Waals surface area contributed by atoms with Crippen LogP contribution in [0.4, 0.5) is 0 Å². The largest absolute Gasteiger partial charge is 0.336 e. The molecule has 0 saturated heterocycles. The van der Waals surface area contributed by atoms with Crippen molar-refractivity contribution in [2.24, 2.45) is 0 Å². The minimum absolute atomic E-state index is 0.0266. The van der Waals surface area contributed by atoms with Gasteiger partial charge in [0, 0.05) is 23.9 Å². The summed E-state index contributed by atoms with van der Waals surface area (Å²) in [6, 6.07) is 8.06. The lowest BCUT2D eigenvalue weighted by molar-refractivity contribution is 0.0729. The summed E-state index contributed by atoms with van der Waals surface area (Å²) in [5.41, 5.74) is 3.71. The molecule has 1 amide bonds. The maximum Gasteiger partial charge on any atom is 0.259 e. The van der Waals surface area contributed by atoms with E-state index in [0.29, 0.717) is 29.4 Å². The van der Waals surface area contributed by atoms with Crippen LogP contribution in [0.25, 0.3) is 11.1 Å². The van der Waals surface area contributed by atoms with Gasteiger partial charge in [-0.1, -0.05) is 11.2 Å².